The average molecular weight is 536 g/mol. The normalized spacial score (nSPS) is 21.4. The van der Waals surface area contributed by atoms with Crippen LogP contribution in [-0.4, -0.2) is 103 Å². The first-order chi connectivity index (χ1) is 18.9. The molecule has 1 aromatic carbocycles. The molecule has 0 unspecified atom stereocenters. The van der Waals surface area contributed by atoms with Crippen LogP contribution in [0.3, 0.4) is 0 Å². The number of nitrogens with two attached hydrogens (primary N) is 1. The third kappa shape index (κ3) is 6.16. The lowest BCUT2D eigenvalue weighted by atomic mass is 9.92. The lowest BCUT2D eigenvalue weighted by Crippen LogP contribution is -2.58. The zero-order chi connectivity index (χ0) is 27.4. The van der Waals surface area contributed by atoms with Gasteiger partial charge in [0.05, 0.1) is 25.8 Å². The number of fused-ring (bicyclic) bond motifs is 1. The Balaban J connectivity index is 1.30. The minimum absolute atomic E-state index is 0.172. The van der Waals surface area contributed by atoms with Crippen molar-refractivity contribution >= 4 is 28.7 Å². The molecule has 3 aromatic rings. The number of aromatic nitrogens is 2. The minimum Gasteiger partial charge on any atom is -0.361 e. The molecular weight excluding hydrogens is 498 g/mol. The summed E-state index contributed by atoms with van der Waals surface area (Å²) < 4.78 is 11.3. The lowest BCUT2D eigenvalue weighted by Gasteiger charge is -2.37. The zero-order valence-electron chi connectivity index (χ0n) is 22.5. The monoisotopic (exact) mass is 535 g/mol. The number of nitrogens with zero attached hydrogens (tertiary/aromatic N) is 4. The fourth-order valence-corrected chi connectivity index (χ4v) is 5.17. The Kier molecular flexibility index (Phi) is 8.30. The number of anilines is 1. The molecule has 0 spiro atoms. The first-order valence-corrected chi connectivity index (χ1v) is 13.4. The molecule has 208 valence electrons. The highest BCUT2D eigenvalue weighted by Gasteiger charge is 2.35. The third-order valence-electron chi connectivity index (χ3n) is 7.49. The minimum atomic E-state index is -0.790. The van der Waals surface area contributed by atoms with E-state index in [1.54, 1.807) is 23.0 Å². The van der Waals surface area contributed by atoms with Crippen LogP contribution in [0.5, 0.6) is 0 Å². The van der Waals surface area contributed by atoms with Gasteiger partial charge < -0.3 is 40.2 Å². The van der Waals surface area contributed by atoms with Crippen LogP contribution in [0.1, 0.15) is 18.4 Å². The number of carbonyl (C=O) groups is 2. The van der Waals surface area contributed by atoms with Crippen LogP contribution >= 0.6 is 0 Å². The van der Waals surface area contributed by atoms with Gasteiger partial charge in [-0.2, -0.15) is 0 Å². The molecule has 0 aliphatic carbocycles. The maximum atomic E-state index is 13.8. The summed E-state index contributed by atoms with van der Waals surface area (Å²) in [7, 11) is 1.70. The van der Waals surface area contributed by atoms with Gasteiger partial charge in [0, 0.05) is 62.4 Å². The number of nitrogens with one attached hydrogen (secondary N) is 2. The zero-order valence-corrected chi connectivity index (χ0v) is 22.5. The molecular formula is C28H37N7O4. The Morgan fingerprint density at radius 1 is 1.13 bits per heavy atom. The van der Waals surface area contributed by atoms with Crippen LogP contribution in [0.25, 0.3) is 10.9 Å². The van der Waals surface area contributed by atoms with Crippen molar-refractivity contribution in [3.05, 3.63) is 60.4 Å². The molecule has 39 heavy (non-hydrogen) atoms. The second kappa shape index (κ2) is 12.0. The number of hydrogen-bond donors (Lipinski definition) is 3. The SMILES string of the molecule is C[C@@H](c1c[nH]c2ccccc12)[C@@H](NC(=O)N1CCN(c2ccccn2)CC1)C(=O)N(C)CC1OCC(N)CO1. The van der Waals surface area contributed by atoms with Gasteiger partial charge in [0.2, 0.25) is 5.91 Å². The second-order valence-corrected chi connectivity index (χ2v) is 10.2. The Hall–Kier alpha value is -3.67. The summed E-state index contributed by atoms with van der Waals surface area (Å²) in [6.07, 6.45) is 3.13. The van der Waals surface area contributed by atoms with Crippen molar-refractivity contribution in [3.63, 3.8) is 0 Å². The van der Waals surface area contributed by atoms with Gasteiger partial charge >= 0.3 is 6.03 Å². The van der Waals surface area contributed by atoms with E-state index in [4.69, 9.17) is 15.2 Å². The molecule has 2 atom stereocenters. The highest BCUT2D eigenvalue weighted by molar-refractivity contribution is 5.90. The van der Waals surface area contributed by atoms with Crippen LogP contribution in [0, 0.1) is 0 Å². The Morgan fingerprint density at radius 3 is 2.56 bits per heavy atom. The van der Waals surface area contributed by atoms with Crippen molar-refractivity contribution in [2.75, 3.05) is 57.9 Å². The Morgan fingerprint density at radius 2 is 1.85 bits per heavy atom. The van der Waals surface area contributed by atoms with Gasteiger partial charge in [0.1, 0.15) is 11.9 Å². The highest BCUT2D eigenvalue weighted by Crippen LogP contribution is 2.29. The molecule has 11 heteroatoms. The quantitative estimate of drug-likeness (QED) is 0.420. The number of H-pyrrole nitrogens is 1. The van der Waals surface area contributed by atoms with E-state index in [9.17, 15) is 9.59 Å². The number of hydrogen-bond acceptors (Lipinski definition) is 7. The molecule has 4 N–H and O–H groups in total. The molecule has 2 aliphatic heterocycles. The molecule has 4 heterocycles. The van der Waals surface area contributed by atoms with E-state index < -0.39 is 12.3 Å². The number of rotatable bonds is 7. The molecule has 2 fully saturated rings. The van der Waals surface area contributed by atoms with Gasteiger partial charge in [0.15, 0.2) is 6.29 Å². The van der Waals surface area contributed by atoms with Crippen LogP contribution < -0.4 is 16.0 Å². The van der Waals surface area contributed by atoms with Crippen molar-refractivity contribution in [3.8, 4) is 0 Å². The first-order valence-electron chi connectivity index (χ1n) is 13.4. The Bertz CT molecular complexity index is 1250. The molecule has 2 aliphatic rings. The summed E-state index contributed by atoms with van der Waals surface area (Å²) in [6.45, 7) is 5.36. The number of ether oxygens (including phenoxy) is 2. The van der Waals surface area contributed by atoms with Crippen LogP contribution in [0.15, 0.2) is 54.9 Å². The molecule has 0 bridgehead atoms. The van der Waals surface area contributed by atoms with Gasteiger partial charge in [-0.3, -0.25) is 4.79 Å². The lowest BCUT2D eigenvalue weighted by molar-refractivity contribution is -0.193. The van der Waals surface area contributed by atoms with Crippen molar-refractivity contribution in [1.82, 2.24) is 25.1 Å². The second-order valence-electron chi connectivity index (χ2n) is 10.2. The first kappa shape index (κ1) is 26.9. The van der Waals surface area contributed by atoms with Gasteiger partial charge in [-0.15, -0.1) is 0 Å². The molecule has 11 nitrogen and oxygen atoms in total. The van der Waals surface area contributed by atoms with Gasteiger partial charge in [-0.1, -0.05) is 31.2 Å². The summed E-state index contributed by atoms with van der Waals surface area (Å²) in [5.41, 5.74) is 7.80. The van der Waals surface area contributed by atoms with Crippen LogP contribution in [0.4, 0.5) is 10.6 Å². The average Bonchev–Trinajstić information content (AvgIpc) is 3.41. The third-order valence-corrected chi connectivity index (χ3v) is 7.49. The maximum Gasteiger partial charge on any atom is 0.318 e. The fraction of sp³-hybridized carbons (Fsp3) is 0.464. The van der Waals surface area contributed by atoms with Crippen molar-refractivity contribution in [2.45, 2.75) is 31.2 Å². The molecule has 2 saturated heterocycles. The van der Waals surface area contributed by atoms with E-state index in [0.29, 0.717) is 39.4 Å². The topological polar surface area (TPSA) is 129 Å². The van der Waals surface area contributed by atoms with Crippen LogP contribution in [-0.2, 0) is 14.3 Å². The summed E-state index contributed by atoms with van der Waals surface area (Å²) in [6, 6.07) is 12.5. The van der Waals surface area contributed by atoms with E-state index in [1.807, 2.05) is 55.6 Å². The van der Waals surface area contributed by atoms with E-state index in [1.165, 1.54) is 0 Å². The number of pyridine rings is 1. The van der Waals surface area contributed by atoms with E-state index >= 15 is 0 Å². The number of benzene rings is 1. The summed E-state index contributed by atoms with van der Waals surface area (Å²) in [4.78, 5) is 40.5. The van der Waals surface area contributed by atoms with E-state index in [-0.39, 0.29) is 30.4 Å². The number of likely N-dealkylation sites (N-methyl/N-ethyl adjacent to an activating group) is 1. The van der Waals surface area contributed by atoms with Crippen molar-refractivity contribution < 1.29 is 19.1 Å². The number of aromatic amines is 1. The molecule has 2 aromatic heterocycles. The standard InChI is InChI=1S/C28H37N7O4/c1-19(22-15-31-23-8-4-3-7-21(22)23)26(27(36)33(2)16-25-38-17-20(29)18-39-25)32-28(37)35-13-11-34(12-14-35)24-9-5-6-10-30-24/h3-10,15,19-20,25-26,31H,11-14,16-18,29H2,1-2H3,(H,32,37)/t19-,20?,25?,26+/m0/s1. The highest BCUT2D eigenvalue weighted by atomic mass is 16.7. The van der Waals surface area contributed by atoms with Gasteiger partial charge in [0.25, 0.3) is 0 Å². The van der Waals surface area contributed by atoms with Crippen LogP contribution in [0.2, 0.25) is 0 Å². The van der Waals surface area contributed by atoms with E-state index in [0.717, 1.165) is 22.3 Å². The smallest absolute Gasteiger partial charge is 0.318 e. The number of carbonyl (C=O) groups excluding carboxylic acids is 2. The molecule has 3 amide bonds. The maximum absolute atomic E-state index is 13.8. The van der Waals surface area contributed by atoms with Crippen molar-refractivity contribution in [1.29, 1.82) is 0 Å². The van der Waals surface area contributed by atoms with Gasteiger partial charge in [-0.05, 0) is 23.8 Å². The molecule has 0 saturated carbocycles. The number of piperazine rings is 1. The molecule has 0 radical (unpaired) electrons. The predicted molar refractivity (Wildman–Crippen MR) is 148 cm³/mol. The predicted octanol–water partition coefficient (Wildman–Crippen LogP) is 1.73. The number of urea groups is 1. The number of para-hydroxylation sites is 1. The van der Waals surface area contributed by atoms with Crippen molar-refractivity contribution in [2.24, 2.45) is 5.73 Å². The molecule has 5 rings (SSSR count). The van der Waals surface area contributed by atoms with Gasteiger partial charge in [-0.25, -0.2) is 9.78 Å². The van der Waals surface area contributed by atoms with E-state index in [2.05, 4.69) is 20.2 Å². The summed E-state index contributed by atoms with van der Waals surface area (Å²) in [5.74, 6) is 0.389. The number of amides is 3. The Labute approximate surface area is 228 Å². The fourth-order valence-electron chi connectivity index (χ4n) is 5.17. The summed E-state index contributed by atoms with van der Waals surface area (Å²) >= 11 is 0. The largest absolute Gasteiger partial charge is 0.361 e. The summed E-state index contributed by atoms with van der Waals surface area (Å²) in [5, 5.41) is 4.09.